The summed E-state index contributed by atoms with van der Waals surface area (Å²) < 4.78 is 1.24. The molecule has 1 aromatic rings. The standard InChI is InChI=1S/C12H20BrNS/c1-8(2)5-6-11(14-4)10-7-12(13)15-9(10)3/h7-8,11,14H,5-6H2,1-4H3. The molecule has 1 rings (SSSR count). The first-order valence-electron chi connectivity index (χ1n) is 5.47. The van der Waals surface area contributed by atoms with Gasteiger partial charge >= 0.3 is 0 Å². The van der Waals surface area contributed by atoms with E-state index in [4.69, 9.17) is 0 Å². The minimum absolute atomic E-state index is 0.509. The summed E-state index contributed by atoms with van der Waals surface area (Å²) in [5, 5.41) is 3.41. The van der Waals surface area contributed by atoms with Crippen molar-refractivity contribution in [1.29, 1.82) is 0 Å². The number of hydrogen-bond acceptors (Lipinski definition) is 2. The van der Waals surface area contributed by atoms with Gasteiger partial charge in [0.2, 0.25) is 0 Å². The normalized spacial score (nSPS) is 13.5. The third-order valence-corrected chi connectivity index (χ3v) is 4.25. The molecule has 1 aromatic heterocycles. The molecule has 15 heavy (non-hydrogen) atoms. The van der Waals surface area contributed by atoms with Crippen LogP contribution in [0, 0.1) is 12.8 Å². The summed E-state index contributed by atoms with van der Waals surface area (Å²) in [6.07, 6.45) is 2.50. The molecule has 86 valence electrons. The van der Waals surface area contributed by atoms with E-state index in [1.165, 1.54) is 27.1 Å². The van der Waals surface area contributed by atoms with Crippen molar-refractivity contribution >= 4 is 27.3 Å². The highest BCUT2D eigenvalue weighted by molar-refractivity contribution is 9.11. The van der Waals surface area contributed by atoms with Gasteiger partial charge in [0.1, 0.15) is 0 Å². The average Bonchev–Trinajstić information content (AvgIpc) is 2.46. The van der Waals surface area contributed by atoms with Crippen LogP contribution in [0.4, 0.5) is 0 Å². The first kappa shape index (κ1) is 13.2. The summed E-state index contributed by atoms with van der Waals surface area (Å²) in [5.41, 5.74) is 1.45. The number of rotatable bonds is 5. The number of halogens is 1. The maximum absolute atomic E-state index is 3.55. The molecule has 1 N–H and O–H groups in total. The number of hydrogen-bond donors (Lipinski definition) is 1. The number of aryl methyl sites for hydroxylation is 1. The van der Waals surface area contributed by atoms with Gasteiger partial charge in [-0.3, -0.25) is 0 Å². The van der Waals surface area contributed by atoms with E-state index in [9.17, 15) is 0 Å². The maximum Gasteiger partial charge on any atom is 0.0704 e. The Morgan fingerprint density at radius 3 is 2.47 bits per heavy atom. The molecule has 0 aliphatic carbocycles. The zero-order chi connectivity index (χ0) is 11.4. The molecule has 0 saturated heterocycles. The van der Waals surface area contributed by atoms with Gasteiger partial charge in [0, 0.05) is 10.9 Å². The van der Waals surface area contributed by atoms with Gasteiger partial charge in [-0.2, -0.15) is 0 Å². The molecule has 1 unspecified atom stereocenters. The van der Waals surface area contributed by atoms with E-state index < -0.39 is 0 Å². The Kier molecular flexibility index (Phi) is 5.30. The van der Waals surface area contributed by atoms with E-state index in [0.717, 1.165) is 5.92 Å². The van der Waals surface area contributed by atoms with Crippen molar-refractivity contribution in [1.82, 2.24) is 5.32 Å². The van der Waals surface area contributed by atoms with Crippen LogP contribution in [0.2, 0.25) is 0 Å². The topological polar surface area (TPSA) is 12.0 Å². The van der Waals surface area contributed by atoms with Gasteiger partial charge in [0.25, 0.3) is 0 Å². The second-order valence-corrected chi connectivity index (χ2v) is 7.01. The van der Waals surface area contributed by atoms with Crippen molar-refractivity contribution in [2.75, 3.05) is 7.05 Å². The Labute approximate surface area is 105 Å². The molecule has 1 nitrogen and oxygen atoms in total. The summed E-state index contributed by atoms with van der Waals surface area (Å²) in [6, 6.07) is 2.76. The second-order valence-electron chi connectivity index (χ2n) is 4.37. The van der Waals surface area contributed by atoms with Gasteiger partial charge in [0.05, 0.1) is 3.79 Å². The molecule has 0 radical (unpaired) electrons. The summed E-state index contributed by atoms with van der Waals surface area (Å²) in [7, 11) is 2.05. The number of nitrogens with one attached hydrogen (secondary N) is 1. The van der Waals surface area contributed by atoms with Crippen LogP contribution in [0.25, 0.3) is 0 Å². The fourth-order valence-electron chi connectivity index (χ4n) is 1.76. The van der Waals surface area contributed by atoms with E-state index in [-0.39, 0.29) is 0 Å². The molecular weight excluding hydrogens is 270 g/mol. The highest BCUT2D eigenvalue weighted by atomic mass is 79.9. The quantitative estimate of drug-likeness (QED) is 0.841. The molecular formula is C12H20BrNS. The highest BCUT2D eigenvalue weighted by Gasteiger charge is 2.14. The predicted molar refractivity (Wildman–Crippen MR) is 72.6 cm³/mol. The molecule has 0 fully saturated rings. The summed E-state index contributed by atoms with van der Waals surface area (Å²) >= 11 is 5.38. The predicted octanol–water partition coefficient (Wildman–Crippen LogP) is 4.52. The Balaban J connectivity index is 2.69. The molecule has 0 aromatic carbocycles. The summed E-state index contributed by atoms with van der Waals surface area (Å²) in [5.74, 6) is 0.781. The Morgan fingerprint density at radius 1 is 1.40 bits per heavy atom. The minimum Gasteiger partial charge on any atom is -0.313 e. The first-order chi connectivity index (χ1) is 7.04. The van der Waals surface area contributed by atoms with E-state index in [0.29, 0.717) is 6.04 Å². The van der Waals surface area contributed by atoms with Crippen LogP contribution >= 0.6 is 27.3 Å². The average molecular weight is 290 g/mol. The van der Waals surface area contributed by atoms with E-state index >= 15 is 0 Å². The molecule has 0 saturated carbocycles. The minimum atomic E-state index is 0.509. The van der Waals surface area contributed by atoms with Crippen LogP contribution in [0.15, 0.2) is 9.85 Å². The fraction of sp³-hybridized carbons (Fsp3) is 0.667. The van der Waals surface area contributed by atoms with Crippen molar-refractivity contribution < 1.29 is 0 Å². The van der Waals surface area contributed by atoms with Crippen LogP contribution in [0.3, 0.4) is 0 Å². The molecule has 0 aliphatic heterocycles. The molecule has 1 atom stereocenters. The van der Waals surface area contributed by atoms with Crippen molar-refractivity contribution in [2.24, 2.45) is 5.92 Å². The Hall–Kier alpha value is 0.140. The van der Waals surface area contributed by atoms with Gasteiger partial charge in [-0.1, -0.05) is 13.8 Å². The molecule has 3 heteroatoms. The van der Waals surface area contributed by atoms with Crippen molar-refractivity contribution in [3.05, 3.63) is 20.3 Å². The Morgan fingerprint density at radius 2 is 2.07 bits per heavy atom. The van der Waals surface area contributed by atoms with Crippen molar-refractivity contribution in [2.45, 2.75) is 39.7 Å². The largest absolute Gasteiger partial charge is 0.313 e. The van der Waals surface area contributed by atoms with Gasteiger partial charge < -0.3 is 5.32 Å². The fourth-order valence-corrected chi connectivity index (χ4v) is 3.53. The van der Waals surface area contributed by atoms with Crippen LogP contribution in [-0.4, -0.2) is 7.05 Å². The smallest absolute Gasteiger partial charge is 0.0704 e. The zero-order valence-electron chi connectivity index (χ0n) is 9.93. The number of thiophene rings is 1. The molecule has 1 heterocycles. The van der Waals surface area contributed by atoms with Crippen molar-refractivity contribution in [3.63, 3.8) is 0 Å². The highest BCUT2D eigenvalue weighted by Crippen LogP contribution is 2.32. The van der Waals surface area contributed by atoms with Gasteiger partial charge in [0.15, 0.2) is 0 Å². The SMILES string of the molecule is CNC(CCC(C)C)c1cc(Br)sc1C. The lowest BCUT2D eigenvalue weighted by Gasteiger charge is -2.17. The third-order valence-electron chi connectivity index (χ3n) is 2.68. The molecule has 0 spiro atoms. The summed E-state index contributed by atoms with van der Waals surface area (Å²) in [6.45, 7) is 6.76. The lowest BCUT2D eigenvalue weighted by Crippen LogP contribution is -2.17. The lowest BCUT2D eigenvalue weighted by molar-refractivity contribution is 0.464. The van der Waals surface area contributed by atoms with Gasteiger partial charge in [-0.15, -0.1) is 11.3 Å². The first-order valence-corrected chi connectivity index (χ1v) is 7.08. The second kappa shape index (κ2) is 6.02. The molecule has 0 amide bonds. The monoisotopic (exact) mass is 289 g/mol. The van der Waals surface area contributed by atoms with Crippen LogP contribution < -0.4 is 5.32 Å². The van der Waals surface area contributed by atoms with E-state index in [1.54, 1.807) is 0 Å². The molecule has 0 aliphatic rings. The van der Waals surface area contributed by atoms with Crippen molar-refractivity contribution in [3.8, 4) is 0 Å². The van der Waals surface area contributed by atoms with Crippen LogP contribution in [0.1, 0.15) is 43.2 Å². The van der Waals surface area contributed by atoms with Gasteiger partial charge in [-0.25, -0.2) is 0 Å². The van der Waals surface area contributed by atoms with E-state index in [1.807, 2.05) is 11.3 Å². The molecule has 0 bridgehead atoms. The zero-order valence-corrected chi connectivity index (χ0v) is 12.3. The van der Waals surface area contributed by atoms with E-state index in [2.05, 4.69) is 55.1 Å². The Bertz CT molecular complexity index is 307. The lowest BCUT2D eigenvalue weighted by atomic mass is 9.98. The third kappa shape index (κ3) is 3.89. The van der Waals surface area contributed by atoms with Crippen LogP contribution in [-0.2, 0) is 0 Å². The van der Waals surface area contributed by atoms with Crippen LogP contribution in [0.5, 0.6) is 0 Å². The summed E-state index contributed by atoms with van der Waals surface area (Å²) in [4.78, 5) is 1.42. The maximum atomic E-state index is 3.55. The van der Waals surface area contributed by atoms with Gasteiger partial charge in [-0.05, 0) is 60.3 Å².